The van der Waals surface area contributed by atoms with Crippen molar-refractivity contribution in [2.75, 3.05) is 0 Å². The van der Waals surface area contributed by atoms with Crippen LogP contribution in [0.2, 0.25) is 0 Å². The van der Waals surface area contributed by atoms with Gasteiger partial charge in [0.15, 0.2) is 0 Å². The van der Waals surface area contributed by atoms with Gasteiger partial charge in [0.2, 0.25) is 0 Å². The van der Waals surface area contributed by atoms with E-state index in [1.807, 2.05) is 0 Å². The second kappa shape index (κ2) is 5.65. The zero-order chi connectivity index (χ0) is 15.6. The summed E-state index contributed by atoms with van der Waals surface area (Å²) in [4.78, 5) is 3.95. The Morgan fingerprint density at radius 3 is 2.43 bits per heavy atom. The van der Waals surface area contributed by atoms with E-state index in [9.17, 15) is 13.2 Å². The lowest BCUT2D eigenvalue weighted by Crippen LogP contribution is -2.10. The Hall–Kier alpha value is -2.22. The highest BCUT2D eigenvalue weighted by atomic mass is 19.4. The molecule has 0 bridgehead atoms. The SMILES string of the molecule is Cc1nnc(Oc2ccc(CN)cc2C(F)(F)F)nc1C. The standard InChI is InChI=1S/C13H13F3N4O/c1-7-8(2)19-20-12(18-7)21-11-4-3-9(6-17)5-10(11)13(14,15)16/h3-5H,6,17H2,1-2H3. The van der Waals surface area contributed by atoms with Crippen molar-refractivity contribution in [3.05, 3.63) is 40.7 Å². The molecule has 0 amide bonds. The smallest absolute Gasteiger partial charge is 0.419 e. The number of benzene rings is 1. The second-order valence-corrected chi connectivity index (χ2v) is 4.40. The second-order valence-electron chi connectivity index (χ2n) is 4.40. The number of aromatic nitrogens is 3. The summed E-state index contributed by atoms with van der Waals surface area (Å²) in [7, 11) is 0. The molecule has 21 heavy (non-hydrogen) atoms. The Morgan fingerprint density at radius 2 is 1.86 bits per heavy atom. The van der Waals surface area contributed by atoms with Crippen molar-refractivity contribution in [1.82, 2.24) is 15.2 Å². The van der Waals surface area contributed by atoms with Gasteiger partial charge in [-0.2, -0.15) is 18.2 Å². The van der Waals surface area contributed by atoms with Crippen LogP contribution in [0, 0.1) is 13.8 Å². The molecule has 2 rings (SSSR count). The van der Waals surface area contributed by atoms with Gasteiger partial charge >= 0.3 is 12.2 Å². The summed E-state index contributed by atoms with van der Waals surface area (Å²) < 4.78 is 44.2. The van der Waals surface area contributed by atoms with Crippen LogP contribution in [-0.4, -0.2) is 15.2 Å². The molecule has 0 atom stereocenters. The van der Waals surface area contributed by atoms with Crippen molar-refractivity contribution < 1.29 is 17.9 Å². The van der Waals surface area contributed by atoms with Gasteiger partial charge < -0.3 is 10.5 Å². The lowest BCUT2D eigenvalue weighted by atomic mass is 10.1. The van der Waals surface area contributed by atoms with E-state index in [0.29, 0.717) is 17.0 Å². The normalized spacial score (nSPS) is 11.5. The van der Waals surface area contributed by atoms with E-state index < -0.39 is 11.7 Å². The lowest BCUT2D eigenvalue weighted by molar-refractivity contribution is -0.138. The molecule has 112 valence electrons. The van der Waals surface area contributed by atoms with Gasteiger partial charge in [-0.15, -0.1) is 5.10 Å². The first-order valence-electron chi connectivity index (χ1n) is 6.07. The zero-order valence-electron chi connectivity index (χ0n) is 11.4. The van der Waals surface area contributed by atoms with Gasteiger partial charge in [0.25, 0.3) is 0 Å². The summed E-state index contributed by atoms with van der Waals surface area (Å²) in [5.41, 5.74) is 5.90. The largest absolute Gasteiger partial charge is 0.423 e. The summed E-state index contributed by atoms with van der Waals surface area (Å²) in [5, 5.41) is 7.39. The highest BCUT2D eigenvalue weighted by Crippen LogP contribution is 2.38. The van der Waals surface area contributed by atoms with Crippen LogP contribution in [0.15, 0.2) is 18.2 Å². The van der Waals surface area contributed by atoms with Crippen LogP contribution >= 0.6 is 0 Å². The molecule has 1 aromatic carbocycles. The fourth-order valence-electron chi connectivity index (χ4n) is 1.59. The van der Waals surface area contributed by atoms with E-state index in [1.54, 1.807) is 13.8 Å². The Kier molecular flexibility index (Phi) is 4.08. The number of hydrogen-bond donors (Lipinski definition) is 1. The van der Waals surface area contributed by atoms with Crippen molar-refractivity contribution in [3.63, 3.8) is 0 Å². The molecule has 2 N–H and O–H groups in total. The number of alkyl halides is 3. The number of hydrogen-bond acceptors (Lipinski definition) is 5. The number of nitrogens with two attached hydrogens (primary N) is 1. The first-order valence-corrected chi connectivity index (χ1v) is 6.07. The number of rotatable bonds is 3. The number of nitrogens with zero attached hydrogens (tertiary/aromatic N) is 3. The fourth-order valence-corrected chi connectivity index (χ4v) is 1.59. The monoisotopic (exact) mass is 298 g/mol. The molecule has 0 spiro atoms. The number of ether oxygens (including phenoxy) is 1. The van der Waals surface area contributed by atoms with Crippen molar-refractivity contribution in [2.45, 2.75) is 26.6 Å². The topological polar surface area (TPSA) is 73.9 Å². The molecule has 0 radical (unpaired) electrons. The highest BCUT2D eigenvalue weighted by molar-refractivity contribution is 5.40. The molecular formula is C13H13F3N4O. The molecule has 0 saturated heterocycles. The third-order valence-electron chi connectivity index (χ3n) is 2.86. The van der Waals surface area contributed by atoms with E-state index in [0.717, 1.165) is 6.07 Å². The summed E-state index contributed by atoms with van der Waals surface area (Å²) in [5.74, 6) is -0.384. The zero-order valence-corrected chi connectivity index (χ0v) is 11.4. The van der Waals surface area contributed by atoms with Crippen LogP contribution in [0.5, 0.6) is 11.8 Å². The maximum atomic E-state index is 13.0. The van der Waals surface area contributed by atoms with E-state index in [1.165, 1.54) is 12.1 Å². The first kappa shape index (κ1) is 15.2. The number of halogens is 3. The molecule has 0 unspecified atom stereocenters. The summed E-state index contributed by atoms with van der Waals surface area (Å²) in [6.45, 7) is 3.36. The molecule has 0 fully saturated rings. The Bertz CT molecular complexity index is 658. The van der Waals surface area contributed by atoms with Gasteiger partial charge in [0.1, 0.15) is 5.75 Å². The van der Waals surface area contributed by atoms with Gasteiger partial charge in [-0.25, -0.2) is 0 Å². The third kappa shape index (κ3) is 3.46. The maximum absolute atomic E-state index is 13.0. The maximum Gasteiger partial charge on any atom is 0.419 e. The lowest BCUT2D eigenvalue weighted by Gasteiger charge is -2.14. The molecule has 0 aliphatic carbocycles. The van der Waals surface area contributed by atoms with Gasteiger partial charge in [-0.05, 0) is 31.5 Å². The van der Waals surface area contributed by atoms with Crippen molar-refractivity contribution in [3.8, 4) is 11.8 Å². The Balaban J connectivity index is 2.41. The predicted octanol–water partition coefficient (Wildman–Crippen LogP) is 2.76. The Morgan fingerprint density at radius 1 is 1.14 bits per heavy atom. The molecule has 0 saturated carbocycles. The predicted molar refractivity (Wildman–Crippen MR) is 68.7 cm³/mol. The number of aryl methyl sites for hydroxylation is 2. The fraction of sp³-hybridized carbons (Fsp3) is 0.308. The summed E-state index contributed by atoms with van der Waals surface area (Å²) in [6, 6.07) is 3.37. The molecule has 5 nitrogen and oxygen atoms in total. The Labute approximate surface area is 119 Å². The average molecular weight is 298 g/mol. The van der Waals surface area contributed by atoms with Crippen LogP contribution in [0.25, 0.3) is 0 Å². The van der Waals surface area contributed by atoms with Crippen molar-refractivity contribution in [2.24, 2.45) is 5.73 Å². The van der Waals surface area contributed by atoms with E-state index in [-0.39, 0.29) is 18.3 Å². The van der Waals surface area contributed by atoms with Gasteiger partial charge in [-0.1, -0.05) is 11.2 Å². The molecule has 8 heteroatoms. The van der Waals surface area contributed by atoms with Crippen molar-refractivity contribution in [1.29, 1.82) is 0 Å². The van der Waals surface area contributed by atoms with E-state index in [2.05, 4.69) is 15.2 Å². The first-order chi connectivity index (χ1) is 9.81. The molecule has 2 aromatic rings. The molecule has 1 aromatic heterocycles. The minimum atomic E-state index is -4.56. The van der Waals surface area contributed by atoms with E-state index in [4.69, 9.17) is 10.5 Å². The van der Waals surface area contributed by atoms with Crippen LogP contribution in [0.1, 0.15) is 22.5 Å². The van der Waals surface area contributed by atoms with Crippen molar-refractivity contribution >= 4 is 0 Å². The van der Waals surface area contributed by atoms with Crippen LogP contribution in [0.3, 0.4) is 0 Å². The van der Waals surface area contributed by atoms with Crippen LogP contribution in [0.4, 0.5) is 13.2 Å². The van der Waals surface area contributed by atoms with Crippen LogP contribution in [-0.2, 0) is 12.7 Å². The molecule has 1 heterocycles. The van der Waals surface area contributed by atoms with Crippen LogP contribution < -0.4 is 10.5 Å². The van der Waals surface area contributed by atoms with E-state index >= 15 is 0 Å². The summed E-state index contributed by atoms with van der Waals surface area (Å²) in [6.07, 6.45) is -4.56. The summed E-state index contributed by atoms with van der Waals surface area (Å²) >= 11 is 0. The average Bonchev–Trinajstić information content (AvgIpc) is 2.42. The van der Waals surface area contributed by atoms with Gasteiger partial charge in [0, 0.05) is 6.54 Å². The minimum Gasteiger partial charge on any atom is -0.423 e. The molecular weight excluding hydrogens is 285 g/mol. The third-order valence-corrected chi connectivity index (χ3v) is 2.86. The van der Waals surface area contributed by atoms with Gasteiger partial charge in [-0.3, -0.25) is 0 Å². The molecule has 0 aliphatic rings. The highest BCUT2D eigenvalue weighted by Gasteiger charge is 2.35. The van der Waals surface area contributed by atoms with Gasteiger partial charge in [0.05, 0.1) is 17.0 Å². The molecule has 0 aliphatic heterocycles. The quantitative estimate of drug-likeness (QED) is 0.943. The minimum absolute atomic E-state index is 0.00502.